The third-order valence-corrected chi connectivity index (χ3v) is 7.44. The minimum Gasteiger partial charge on any atom is -0.494 e. The average molecular weight is 524 g/mol. The zero-order valence-corrected chi connectivity index (χ0v) is 20.8. The van der Waals surface area contributed by atoms with Crippen LogP contribution in [0.5, 0.6) is 5.88 Å². The Morgan fingerprint density at radius 2 is 1.95 bits per heavy atom. The molecule has 4 N–H and O–H groups in total. The van der Waals surface area contributed by atoms with E-state index in [2.05, 4.69) is 32.1 Å². The Morgan fingerprint density at radius 3 is 2.65 bits per heavy atom. The van der Waals surface area contributed by atoms with Crippen LogP contribution in [-0.2, 0) is 22.6 Å². The predicted molar refractivity (Wildman–Crippen MR) is 138 cm³/mol. The number of carbonyl (C=O) groups is 3. The monoisotopic (exact) mass is 523 g/mol. The molecule has 0 bridgehead atoms. The van der Waals surface area contributed by atoms with E-state index in [1.165, 1.54) is 16.9 Å². The number of aromatic nitrogens is 2. The lowest BCUT2D eigenvalue weighted by molar-refractivity contribution is -0.147. The number of nitrogens with one attached hydrogen (secondary N) is 3. The summed E-state index contributed by atoms with van der Waals surface area (Å²) < 4.78 is 1.37. The molecule has 1 aromatic carbocycles. The normalized spacial score (nSPS) is 20.9. The number of imide groups is 2. The molecule has 0 saturated carbocycles. The van der Waals surface area contributed by atoms with E-state index in [0.29, 0.717) is 24.3 Å². The van der Waals surface area contributed by atoms with Crippen LogP contribution in [0, 0.1) is 10.2 Å². The molecule has 13 heteroatoms. The molecule has 5 rings (SSSR count). The van der Waals surface area contributed by atoms with Crippen LogP contribution < -0.4 is 21.1 Å². The molecule has 0 aliphatic carbocycles. The number of benzene rings is 1. The van der Waals surface area contributed by atoms with Gasteiger partial charge in [-0.15, -0.1) is 6.58 Å². The van der Waals surface area contributed by atoms with Crippen LogP contribution in [0.1, 0.15) is 11.1 Å². The number of barbiturate groups is 1. The van der Waals surface area contributed by atoms with Gasteiger partial charge in [0, 0.05) is 38.1 Å². The van der Waals surface area contributed by atoms with Gasteiger partial charge >= 0.3 is 6.03 Å². The van der Waals surface area contributed by atoms with Crippen molar-refractivity contribution < 1.29 is 19.5 Å². The fourth-order valence-corrected chi connectivity index (χ4v) is 5.53. The van der Waals surface area contributed by atoms with Crippen LogP contribution in [0.2, 0.25) is 0 Å². The first-order valence-corrected chi connectivity index (χ1v) is 12.0. The van der Waals surface area contributed by atoms with Crippen LogP contribution in [0.15, 0.2) is 40.6 Å². The second kappa shape index (κ2) is 9.09. The summed E-state index contributed by atoms with van der Waals surface area (Å²) in [7, 11) is 1.93. The molecule has 37 heavy (non-hydrogen) atoms. The van der Waals surface area contributed by atoms with Crippen molar-refractivity contribution in [1.82, 2.24) is 25.1 Å². The summed E-state index contributed by atoms with van der Waals surface area (Å²) in [6.45, 7) is 5.62. The lowest BCUT2D eigenvalue weighted by Crippen LogP contribution is -2.74. The number of aliphatic imine (C=N–C) groups is 1. The summed E-state index contributed by atoms with van der Waals surface area (Å²) in [5, 5.41) is 15.1. The van der Waals surface area contributed by atoms with Crippen molar-refractivity contribution in [3.63, 3.8) is 0 Å². The maximum Gasteiger partial charge on any atom is 0.328 e. The van der Waals surface area contributed by atoms with E-state index in [9.17, 15) is 24.3 Å². The third kappa shape index (κ3) is 3.96. The topological polar surface area (TPSA) is 152 Å². The Balaban J connectivity index is 1.56. The Morgan fingerprint density at radius 1 is 1.22 bits per heavy atom. The van der Waals surface area contributed by atoms with Gasteiger partial charge in [0.05, 0.1) is 11.7 Å². The highest BCUT2D eigenvalue weighted by atomic mass is 32.1. The van der Waals surface area contributed by atoms with Crippen LogP contribution in [0.25, 0.3) is 0 Å². The highest BCUT2D eigenvalue weighted by Gasteiger charge is 2.60. The highest BCUT2D eigenvalue weighted by Crippen LogP contribution is 2.45. The van der Waals surface area contributed by atoms with Crippen molar-refractivity contribution in [3.05, 3.63) is 57.1 Å². The number of likely N-dealkylation sites (N-methyl/N-ethyl adjacent to an activating group) is 1. The quantitative estimate of drug-likeness (QED) is 0.197. The molecular formula is C24H25N7O5S. The first-order chi connectivity index (χ1) is 17.6. The van der Waals surface area contributed by atoms with E-state index in [4.69, 9.17) is 12.2 Å². The second-order valence-corrected chi connectivity index (χ2v) is 9.71. The number of hydrogen-bond donors (Lipinski definition) is 4. The van der Waals surface area contributed by atoms with Gasteiger partial charge in [-0.2, -0.15) is 0 Å². The van der Waals surface area contributed by atoms with E-state index >= 15 is 0 Å². The van der Waals surface area contributed by atoms with Gasteiger partial charge in [-0.3, -0.25) is 39.6 Å². The maximum atomic E-state index is 13.2. The van der Waals surface area contributed by atoms with Crippen molar-refractivity contribution in [2.75, 3.05) is 31.6 Å². The van der Waals surface area contributed by atoms with Crippen LogP contribution in [0.3, 0.4) is 0 Å². The predicted octanol–water partition coefficient (Wildman–Crippen LogP) is 0.577. The minimum atomic E-state index is -1.50. The number of anilines is 1. The van der Waals surface area contributed by atoms with E-state index in [-0.39, 0.29) is 29.2 Å². The van der Waals surface area contributed by atoms with Gasteiger partial charge in [0.15, 0.2) is 10.2 Å². The number of amides is 4. The van der Waals surface area contributed by atoms with Gasteiger partial charge in [0.1, 0.15) is 5.56 Å². The first kappa shape index (κ1) is 24.6. The average Bonchev–Trinajstić information content (AvgIpc) is 2.84. The van der Waals surface area contributed by atoms with Crippen LogP contribution >= 0.6 is 12.2 Å². The smallest absolute Gasteiger partial charge is 0.328 e. The summed E-state index contributed by atoms with van der Waals surface area (Å²) in [6, 6.07) is 4.07. The van der Waals surface area contributed by atoms with Crippen LogP contribution in [0.4, 0.5) is 16.2 Å². The van der Waals surface area contributed by atoms with E-state index < -0.39 is 34.9 Å². The number of H-pyrrole nitrogens is 1. The number of hydrogen-bond acceptors (Lipinski definition) is 9. The molecule has 0 radical (unpaired) electrons. The summed E-state index contributed by atoms with van der Waals surface area (Å²) in [5.74, 6) is -1.59. The number of piperazine rings is 1. The first-order valence-electron chi connectivity index (χ1n) is 11.6. The fourth-order valence-electron chi connectivity index (χ4n) is 5.28. The SMILES string of the molecule is C=CCn1c(O)c(C=Nc2ccc3c(c2)CC2(C(=O)NC(=O)NC2=O)[C@@H]2CN(C)CCN32)c(=O)[nH]c1=S. The molecule has 4 heterocycles. The Kier molecular flexibility index (Phi) is 6.04. The Hall–Kier alpha value is -4.10. The van der Waals surface area contributed by atoms with Gasteiger partial charge in [-0.25, -0.2) is 4.79 Å². The molecule has 1 spiro atoms. The van der Waals surface area contributed by atoms with Crippen LogP contribution in [-0.4, -0.2) is 76.3 Å². The van der Waals surface area contributed by atoms with E-state index in [1.807, 2.05) is 18.0 Å². The lowest BCUT2D eigenvalue weighted by Gasteiger charge is -2.53. The molecule has 3 aliphatic rings. The molecular weight excluding hydrogens is 498 g/mol. The summed E-state index contributed by atoms with van der Waals surface area (Å²) in [5.41, 5.74) is -0.137. The molecule has 3 aliphatic heterocycles. The molecule has 2 fully saturated rings. The second-order valence-electron chi connectivity index (χ2n) is 9.32. The number of rotatable bonds is 4. The summed E-state index contributed by atoms with van der Waals surface area (Å²) in [4.78, 5) is 61.6. The van der Waals surface area contributed by atoms with Gasteiger partial charge < -0.3 is 14.9 Å². The fraction of sp³-hybridized carbons (Fsp3) is 0.333. The molecule has 1 atom stereocenters. The standard InChI is InChI=1S/C24H25N7O5S/c1-3-6-31-19(33)15(18(32)26-23(31)37)11-25-14-4-5-16-13(9-14)10-24(17-12-29(2)7-8-30(16)17)20(34)27-22(36)28-21(24)35/h3-5,9,11,17,33H,1,6-8,10,12H2,2H3,(H,26,32,37)(H2,27,28,34,35,36)/t17-/m0/s1. The number of nitrogens with zero attached hydrogens (tertiary/aromatic N) is 4. The Labute approximate surface area is 216 Å². The molecule has 192 valence electrons. The number of aromatic hydroxyl groups is 1. The van der Waals surface area contributed by atoms with Crippen molar-refractivity contribution >= 4 is 47.7 Å². The number of aromatic amines is 1. The van der Waals surface area contributed by atoms with Gasteiger partial charge in [-0.1, -0.05) is 6.08 Å². The molecule has 12 nitrogen and oxygen atoms in total. The zero-order chi connectivity index (χ0) is 26.5. The number of urea groups is 1. The van der Waals surface area contributed by atoms with Gasteiger partial charge in [0.25, 0.3) is 5.56 Å². The molecule has 0 unspecified atom stereocenters. The van der Waals surface area contributed by atoms with Gasteiger partial charge in [0.2, 0.25) is 17.7 Å². The number of allylic oxidation sites excluding steroid dienone is 1. The van der Waals surface area contributed by atoms with E-state index in [1.54, 1.807) is 12.1 Å². The Bertz CT molecular complexity index is 1470. The number of carbonyl (C=O) groups excluding carboxylic acids is 3. The number of fused-ring (bicyclic) bond motifs is 4. The molecule has 1 aromatic heterocycles. The minimum absolute atomic E-state index is 0.0582. The highest BCUT2D eigenvalue weighted by molar-refractivity contribution is 7.71. The summed E-state index contributed by atoms with van der Waals surface area (Å²) in [6.07, 6.45) is 2.84. The van der Waals surface area contributed by atoms with Crippen molar-refractivity contribution in [3.8, 4) is 5.88 Å². The van der Waals surface area contributed by atoms with Gasteiger partial charge in [-0.05, 0) is 49.4 Å². The molecule has 2 aromatic rings. The van der Waals surface area contributed by atoms with Crippen molar-refractivity contribution in [1.29, 1.82) is 0 Å². The third-order valence-electron chi connectivity index (χ3n) is 7.12. The van der Waals surface area contributed by atoms with Crippen molar-refractivity contribution in [2.24, 2.45) is 10.4 Å². The van der Waals surface area contributed by atoms with Crippen molar-refractivity contribution in [2.45, 2.75) is 19.0 Å². The summed E-state index contributed by atoms with van der Waals surface area (Å²) >= 11 is 5.10. The van der Waals surface area contributed by atoms with E-state index in [0.717, 1.165) is 12.2 Å². The molecule has 4 amide bonds. The zero-order valence-electron chi connectivity index (χ0n) is 20.0. The molecule has 2 saturated heterocycles. The largest absolute Gasteiger partial charge is 0.494 e. The lowest BCUT2D eigenvalue weighted by atomic mass is 9.68. The maximum absolute atomic E-state index is 13.2.